The number of rotatable bonds is 4. The minimum atomic E-state index is -0.652. The second kappa shape index (κ2) is 6.04. The third-order valence-corrected chi connectivity index (χ3v) is 2.86. The largest absolute Gasteiger partial charge is 0.454 e. The quantitative estimate of drug-likeness (QED) is 0.737. The van der Waals surface area contributed by atoms with Gasteiger partial charge in [-0.05, 0) is 6.07 Å². The van der Waals surface area contributed by atoms with Crippen LogP contribution in [-0.2, 0) is 11.3 Å². The molecule has 22 heavy (non-hydrogen) atoms. The highest BCUT2D eigenvalue weighted by Crippen LogP contribution is 2.20. The van der Waals surface area contributed by atoms with Crippen LogP contribution in [0.2, 0.25) is 0 Å². The van der Waals surface area contributed by atoms with Gasteiger partial charge in [0.1, 0.15) is 12.3 Å². The number of aromatic amines is 1. The van der Waals surface area contributed by atoms with Crippen LogP contribution in [0.25, 0.3) is 11.3 Å². The van der Waals surface area contributed by atoms with Gasteiger partial charge in [-0.2, -0.15) is 5.10 Å². The van der Waals surface area contributed by atoms with E-state index in [-0.39, 0.29) is 17.9 Å². The monoisotopic (exact) mass is 297 g/mol. The number of ether oxygens (including phenoxy) is 1. The van der Waals surface area contributed by atoms with E-state index in [1.54, 1.807) is 6.07 Å². The van der Waals surface area contributed by atoms with Crippen molar-refractivity contribution in [3.05, 3.63) is 70.3 Å². The first-order chi connectivity index (χ1) is 10.7. The molecule has 0 saturated carbocycles. The Morgan fingerprint density at radius 2 is 2.00 bits per heavy atom. The van der Waals surface area contributed by atoms with Gasteiger partial charge in [-0.25, -0.2) is 9.89 Å². The molecule has 0 aliphatic heterocycles. The number of nitrogens with zero attached hydrogens (tertiary/aromatic N) is 2. The summed E-state index contributed by atoms with van der Waals surface area (Å²) in [6.07, 6.45) is 0. The van der Waals surface area contributed by atoms with E-state index in [0.717, 1.165) is 5.56 Å². The molecule has 110 valence electrons. The second-order valence-corrected chi connectivity index (χ2v) is 4.43. The Morgan fingerprint density at radius 1 is 1.18 bits per heavy atom. The maximum atomic E-state index is 11.7. The first-order valence-corrected chi connectivity index (χ1v) is 6.46. The SMILES string of the molecule is O=C(OCc1cc(-c2ccccc2)on1)c1ccc(=O)[nH]n1. The van der Waals surface area contributed by atoms with Crippen molar-refractivity contribution in [3.8, 4) is 11.3 Å². The van der Waals surface area contributed by atoms with Crippen LogP contribution in [0.3, 0.4) is 0 Å². The van der Waals surface area contributed by atoms with Crippen molar-refractivity contribution in [1.29, 1.82) is 0 Å². The van der Waals surface area contributed by atoms with Gasteiger partial charge in [0.05, 0.1) is 0 Å². The molecule has 0 unspecified atom stereocenters. The molecule has 1 aromatic carbocycles. The lowest BCUT2D eigenvalue weighted by molar-refractivity contribution is 0.0456. The van der Waals surface area contributed by atoms with E-state index >= 15 is 0 Å². The topological polar surface area (TPSA) is 98.1 Å². The van der Waals surface area contributed by atoms with Crippen molar-refractivity contribution >= 4 is 5.97 Å². The zero-order chi connectivity index (χ0) is 15.4. The number of esters is 1. The summed E-state index contributed by atoms with van der Waals surface area (Å²) < 4.78 is 10.3. The maximum absolute atomic E-state index is 11.7. The van der Waals surface area contributed by atoms with E-state index in [2.05, 4.69) is 15.4 Å². The van der Waals surface area contributed by atoms with Gasteiger partial charge in [-0.15, -0.1) is 0 Å². The van der Waals surface area contributed by atoms with Gasteiger partial charge >= 0.3 is 5.97 Å². The fourth-order valence-corrected chi connectivity index (χ4v) is 1.79. The zero-order valence-electron chi connectivity index (χ0n) is 11.4. The zero-order valence-corrected chi connectivity index (χ0v) is 11.4. The number of carbonyl (C=O) groups is 1. The van der Waals surface area contributed by atoms with Crippen LogP contribution in [0.1, 0.15) is 16.2 Å². The molecule has 0 aliphatic rings. The van der Waals surface area contributed by atoms with E-state index < -0.39 is 5.97 Å². The predicted molar refractivity (Wildman–Crippen MR) is 75.9 cm³/mol. The minimum absolute atomic E-state index is 0.0198. The summed E-state index contributed by atoms with van der Waals surface area (Å²) in [7, 11) is 0. The summed E-state index contributed by atoms with van der Waals surface area (Å²) in [4.78, 5) is 22.6. The molecule has 0 fully saturated rings. The molecule has 3 rings (SSSR count). The van der Waals surface area contributed by atoms with Crippen molar-refractivity contribution in [1.82, 2.24) is 15.4 Å². The maximum Gasteiger partial charge on any atom is 0.359 e. The molecule has 7 nitrogen and oxygen atoms in total. The summed E-state index contributed by atoms with van der Waals surface area (Å²) in [5.41, 5.74) is 0.999. The number of H-pyrrole nitrogens is 1. The van der Waals surface area contributed by atoms with Crippen LogP contribution in [-0.4, -0.2) is 21.3 Å². The van der Waals surface area contributed by atoms with Crippen LogP contribution in [0.4, 0.5) is 0 Å². The van der Waals surface area contributed by atoms with Crippen LogP contribution in [0.15, 0.2) is 57.8 Å². The Bertz CT molecular complexity index is 819. The molecule has 1 N–H and O–H groups in total. The fourth-order valence-electron chi connectivity index (χ4n) is 1.79. The lowest BCUT2D eigenvalue weighted by Crippen LogP contribution is -2.13. The molecule has 3 aromatic rings. The van der Waals surface area contributed by atoms with Crippen molar-refractivity contribution < 1.29 is 14.1 Å². The highest BCUT2D eigenvalue weighted by Gasteiger charge is 2.12. The molecule has 2 heterocycles. The van der Waals surface area contributed by atoms with Gasteiger partial charge in [0.2, 0.25) is 0 Å². The summed E-state index contributed by atoms with van der Waals surface area (Å²) in [5, 5.41) is 9.59. The highest BCUT2D eigenvalue weighted by molar-refractivity contribution is 5.86. The fraction of sp³-hybridized carbons (Fsp3) is 0.0667. The smallest absolute Gasteiger partial charge is 0.359 e. The number of hydrogen-bond acceptors (Lipinski definition) is 6. The van der Waals surface area contributed by atoms with Gasteiger partial charge in [-0.1, -0.05) is 35.5 Å². The summed E-state index contributed by atoms with van der Waals surface area (Å²) in [5.74, 6) is -0.0608. The number of aromatic nitrogens is 3. The highest BCUT2D eigenvalue weighted by atomic mass is 16.5. The van der Waals surface area contributed by atoms with Gasteiger partial charge in [0.25, 0.3) is 5.56 Å². The van der Waals surface area contributed by atoms with E-state index in [4.69, 9.17) is 9.26 Å². The van der Waals surface area contributed by atoms with Crippen LogP contribution < -0.4 is 5.56 Å². The van der Waals surface area contributed by atoms with E-state index in [0.29, 0.717) is 11.5 Å². The lowest BCUT2D eigenvalue weighted by Gasteiger charge is -2.00. The molecular weight excluding hydrogens is 286 g/mol. The Balaban J connectivity index is 1.65. The molecule has 0 spiro atoms. The van der Waals surface area contributed by atoms with Gasteiger partial charge < -0.3 is 9.26 Å². The average molecular weight is 297 g/mol. The van der Waals surface area contributed by atoms with Crippen molar-refractivity contribution in [2.24, 2.45) is 0 Å². The lowest BCUT2D eigenvalue weighted by atomic mass is 10.2. The molecule has 0 radical (unpaired) electrons. The summed E-state index contributed by atoms with van der Waals surface area (Å²) in [6, 6.07) is 13.6. The Kier molecular flexibility index (Phi) is 3.78. The molecule has 7 heteroatoms. The predicted octanol–water partition coefficient (Wildman–Crippen LogP) is 1.78. The molecule has 0 bridgehead atoms. The molecular formula is C15H11N3O4. The van der Waals surface area contributed by atoms with Gasteiger partial charge in [0, 0.05) is 17.7 Å². The summed E-state index contributed by atoms with van der Waals surface area (Å²) >= 11 is 0. The number of carbonyl (C=O) groups excluding carboxylic acids is 1. The first kappa shape index (κ1) is 13.7. The van der Waals surface area contributed by atoms with E-state index in [9.17, 15) is 9.59 Å². The Hall–Kier alpha value is -3.22. The second-order valence-electron chi connectivity index (χ2n) is 4.43. The number of hydrogen-bond donors (Lipinski definition) is 1. The molecule has 0 amide bonds. The van der Waals surface area contributed by atoms with Crippen molar-refractivity contribution in [2.45, 2.75) is 6.61 Å². The molecule has 0 aliphatic carbocycles. The standard InChI is InChI=1S/C15H11N3O4/c19-14-7-6-12(16-17-14)15(20)21-9-11-8-13(22-18-11)10-4-2-1-3-5-10/h1-8H,9H2,(H,17,19). The summed E-state index contributed by atoms with van der Waals surface area (Å²) in [6.45, 7) is -0.0457. The average Bonchev–Trinajstić information content (AvgIpc) is 3.03. The first-order valence-electron chi connectivity index (χ1n) is 6.46. The van der Waals surface area contributed by atoms with E-state index in [1.807, 2.05) is 30.3 Å². The third kappa shape index (κ3) is 3.09. The van der Waals surface area contributed by atoms with Crippen molar-refractivity contribution in [3.63, 3.8) is 0 Å². The molecule has 0 saturated heterocycles. The van der Waals surface area contributed by atoms with Crippen molar-refractivity contribution in [2.75, 3.05) is 0 Å². The minimum Gasteiger partial charge on any atom is -0.454 e. The van der Waals surface area contributed by atoms with Crippen LogP contribution >= 0.6 is 0 Å². The number of nitrogens with one attached hydrogen (secondary N) is 1. The van der Waals surface area contributed by atoms with Crippen LogP contribution in [0, 0.1) is 0 Å². The third-order valence-electron chi connectivity index (χ3n) is 2.86. The Morgan fingerprint density at radius 3 is 2.73 bits per heavy atom. The van der Waals surface area contributed by atoms with Gasteiger partial charge in [-0.3, -0.25) is 4.79 Å². The van der Waals surface area contributed by atoms with E-state index in [1.165, 1.54) is 12.1 Å². The molecule has 2 aromatic heterocycles. The van der Waals surface area contributed by atoms with Gasteiger partial charge in [0.15, 0.2) is 11.5 Å². The Labute approximate surface area is 124 Å². The normalized spacial score (nSPS) is 10.4. The van der Waals surface area contributed by atoms with Crippen LogP contribution in [0.5, 0.6) is 0 Å². The molecule has 0 atom stereocenters. The number of benzene rings is 1.